The highest BCUT2D eigenvalue weighted by Crippen LogP contribution is 2.19. The molecule has 0 aliphatic rings. The Morgan fingerprint density at radius 2 is 2.28 bits per heavy atom. The van der Waals surface area contributed by atoms with Gasteiger partial charge in [-0.3, -0.25) is 9.78 Å². The molecule has 1 aromatic heterocycles. The van der Waals surface area contributed by atoms with Crippen molar-refractivity contribution in [1.82, 2.24) is 4.98 Å². The number of Topliss-reactive ketones (excluding diaryl/α,β-unsaturated/α-hetero) is 1. The molecule has 1 heterocycles. The second-order valence-electron chi connectivity index (χ2n) is 4.15. The van der Waals surface area contributed by atoms with E-state index < -0.39 is 6.04 Å². The highest BCUT2D eigenvalue weighted by atomic mass is 16.5. The first-order chi connectivity index (χ1) is 8.74. The van der Waals surface area contributed by atoms with Gasteiger partial charge in [0.1, 0.15) is 0 Å². The lowest BCUT2D eigenvalue weighted by atomic mass is 9.98. The van der Waals surface area contributed by atoms with Gasteiger partial charge in [-0.1, -0.05) is 18.2 Å². The van der Waals surface area contributed by atoms with E-state index in [1.807, 2.05) is 18.2 Å². The Morgan fingerprint density at radius 3 is 3.06 bits per heavy atom. The van der Waals surface area contributed by atoms with E-state index in [9.17, 15) is 4.79 Å². The van der Waals surface area contributed by atoms with Crippen LogP contribution in [0.3, 0.4) is 0 Å². The second-order valence-corrected chi connectivity index (χ2v) is 4.15. The van der Waals surface area contributed by atoms with E-state index in [1.165, 1.54) is 0 Å². The number of rotatable bonds is 5. The number of ether oxygens (including phenoxy) is 1. The zero-order chi connectivity index (χ0) is 13.0. The van der Waals surface area contributed by atoms with Crippen LogP contribution in [0.2, 0.25) is 0 Å². The summed E-state index contributed by atoms with van der Waals surface area (Å²) in [6, 6.07) is 6.95. The molecule has 0 saturated heterocycles. The van der Waals surface area contributed by atoms with Gasteiger partial charge in [0.2, 0.25) is 0 Å². The van der Waals surface area contributed by atoms with Crippen molar-refractivity contribution in [2.75, 3.05) is 13.7 Å². The first-order valence-corrected chi connectivity index (χ1v) is 5.85. The monoisotopic (exact) mass is 244 g/mol. The molecule has 0 aliphatic heterocycles. The molecule has 0 spiro atoms. The molecule has 1 atom stereocenters. The SMILES string of the molecule is COCCC(N)C(=O)c1cccc2ccncc12. The van der Waals surface area contributed by atoms with Crippen molar-refractivity contribution in [2.45, 2.75) is 12.5 Å². The van der Waals surface area contributed by atoms with Crippen LogP contribution in [0.4, 0.5) is 0 Å². The van der Waals surface area contributed by atoms with Gasteiger partial charge in [-0.25, -0.2) is 0 Å². The van der Waals surface area contributed by atoms with Crippen molar-refractivity contribution in [3.63, 3.8) is 0 Å². The van der Waals surface area contributed by atoms with Gasteiger partial charge >= 0.3 is 0 Å². The van der Waals surface area contributed by atoms with Crippen LogP contribution in [0, 0.1) is 0 Å². The number of benzene rings is 1. The van der Waals surface area contributed by atoms with Crippen molar-refractivity contribution < 1.29 is 9.53 Å². The molecule has 1 aromatic carbocycles. The minimum absolute atomic E-state index is 0.0642. The third-order valence-electron chi connectivity index (χ3n) is 2.92. The van der Waals surface area contributed by atoms with Gasteiger partial charge in [0, 0.05) is 37.1 Å². The van der Waals surface area contributed by atoms with Crippen molar-refractivity contribution in [2.24, 2.45) is 5.73 Å². The summed E-state index contributed by atoms with van der Waals surface area (Å²) in [7, 11) is 1.60. The third-order valence-corrected chi connectivity index (χ3v) is 2.92. The summed E-state index contributed by atoms with van der Waals surface area (Å²) >= 11 is 0. The summed E-state index contributed by atoms with van der Waals surface area (Å²) in [5.41, 5.74) is 6.51. The minimum atomic E-state index is -0.532. The molecule has 18 heavy (non-hydrogen) atoms. The van der Waals surface area contributed by atoms with Gasteiger partial charge in [-0.2, -0.15) is 0 Å². The van der Waals surface area contributed by atoms with Crippen LogP contribution < -0.4 is 5.73 Å². The first-order valence-electron chi connectivity index (χ1n) is 5.85. The lowest BCUT2D eigenvalue weighted by molar-refractivity contribution is 0.0937. The molecular formula is C14H16N2O2. The Kier molecular flexibility index (Phi) is 4.02. The number of hydrogen-bond acceptors (Lipinski definition) is 4. The van der Waals surface area contributed by atoms with Crippen molar-refractivity contribution in [3.8, 4) is 0 Å². The number of carbonyl (C=O) groups excluding carboxylic acids is 1. The molecular weight excluding hydrogens is 228 g/mol. The van der Waals surface area contributed by atoms with E-state index in [4.69, 9.17) is 10.5 Å². The maximum Gasteiger partial charge on any atom is 0.180 e. The van der Waals surface area contributed by atoms with Gasteiger partial charge in [0.05, 0.1) is 6.04 Å². The summed E-state index contributed by atoms with van der Waals surface area (Å²) in [6.07, 6.45) is 3.93. The highest BCUT2D eigenvalue weighted by molar-refractivity contribution is 6.10. The van der Waals surface area contributed by atoms with Crippen LogP contribution in [0.15, 0.2) is 36.7 Å². The van der Waals surface area contributed by atoms with Crippen molar-refractivity contribution in [1.29, 1.82) is 0 Å². The summed E-state index contributed by atoms with van der Waals surface area (Å²) in [5.74, 6) is -0.0642. The molecule has 0 saturated carbocycles. The number of nitrogens with two attached hydrogens (primary N) is 1. The fourth-order valence-electron chi connectivity index (χ4n) is 1.90. The standard InChI is InChI=1S/C14H16N2O2/c1-18-8-6-13(15)14(17)11-4-2-3-10-5-7-16-9-12(10)11/h2-5,7,9,13H,6,8,15H2,1H3. The highest BCUT2D eigenvalue weighted by Gasteiger charge is 2.17. The van der Waals surface area contributed by atoms with Gasteiger partial charge in [-0.05, 0) is 17.9 Å². The molecule has 0 bridgehead atoms. The number of carbonyl (C=O) groups is 1. The van der Waals surface area contributed by atoms with Crippen molar-refractivity contribution >= 4 is 16.6 Å². The quantitative estimate of drug-likeness (QED) is 0.814. The molecule has 2 aromatic rings. The average molecular weight is 244 g/mol. The zero-order valence-corrected chi connectivity index (χ0v) is 10.3. The number of pyridine rings is 1. The lowest BCUT2D eigenvalue weighted by Gasteiger charge is -2.11. The molecule has 0 aliphatic carbocycles. The van der Waals surface area contributed by atoms with Gasteiger partial charge < -0.3 is 10.5 Å². The number of hydrogen-bond donors (Lipinski definition) is 1. The smallest absolute Gasteiger partial charge is 0.180 e. The minimum Gasteiger partial charge on any atom is -0.385 e. The fourth-order valence-corrected chi connectivity index (χ4v) is 1.90. The summed E-state index contributed by atoms with van der Waals surface area (Å²) in [5, 5.41) is 1.84. The Morgan fingerprint density at radius 1 is 1.44 bits per heavy atom. The molecule has 0 amide bonds. The van der Waals surface area contributed by atoms with Gasteiger partial charge in [0.25, 0.3) is 0 Å². The Labute approximate surface area is 106 Å². The maximum absolute atomic E-state index is 12.3. The zero-order valence-electron chi connectivity index (χ0n) is 10.3. The van der Waals surface area contributed by atoms with Crippen LogP contribution in [0.25, 0.3) is 10.8 Å². The number of fused-ring (bicyclic) bond motifs is 1. The number of aromatic nitrogens is 1. The van der Waals surface area contributed by atoms with Crippen LogP contribution in [0.1, 0.15) is 16.8 Å². The van der Waals surface area contributed by atoms with E-state index >= 15 is 0 Å². The van der Waals surface area contributed by atoms with Crippen LogP contribution in [-0.2, 0) is 4.74 Å². The Balaban J connectivity index is 2.33. The number of nitrogens with zero attached hydrogens (tertiary/aromatic N) is 1. The van der Waals surface area contributed by atoms with Crippen LogP contribution in [-0.4, -0.2) is 30.5 Å². The van der Waals surface area contributed by atoms with E-state index in [-0.39, 0.29) is 5.78 Å². The van der Waals surface area contributed by atoms with Crippen LogP contribution >= 0.6 is 0 Å². The van der Waals surface area contributed by atoms with Crippen molar-refractivity contribution in [3.05, 3.63) is 42.2 Å². The lowest BCUT2D eigenvalue weighted by Crippen LogP contribution is -2.31. The molecule has 0 fully saturated rings. The molecule has 1 unspecified atom stereocenters. The second kappa shape index (κ2) is 5.71. The predicted octanol–water partition coefficient (Wildman–Crippen LogP) is 1.78. The first kappa shape index (κ1) is 12.7. The Hall–Kier alpha value is -1.78. The molecule has 2 N–H and O–H groups in total. The maximum atomic E-state index is 12.3. The largest absolute Gasteiger partial charge is 0.385 e. The topological polar surface area (TPSA) is 65.2 Å². The molecule has 4 heteroatoms. The summed E-state index contributed by atoms with van der Waals surface area (Å²) < 4.78 is 4.94. The molecule has 94 valence electrons. The number of ketones is 1. The number of methoxy groups -OCH3 is 1. The van der Waals surface area contributed by atoms with E-state index in [0.717, 1.165) is 10.8 Å². The van der Waals surface area contributed by atoms with E-state index in [2.05, 4.69) is 4.98 Å². The predicted molar refractivity (Wildman–Crippen MR) is 70.5 cm³/mol. The summed E-state index contributed by atoms with van der Waals surface area (Å²) in [6.45, 7) is 0.482. The average Bonchev–Trinajstić information content (AvgIpc) is 2.43. The molecule has 2 rings (SSSR count). The normalized spacial score (nSPS) is 12.6. The fraction of sp³-hybridized carbons (Fsp3) is 0.286. The molecule has 0 radical (unpaired) electrons. The van der Waals surface area contributed by atoms with Gasteiger partial charge in [-0.15, -0.1) is 0 Å². The van der Waals surface area contributed by atoms with Crippen LogP contribution in [0.5, 0.6) is 0 Å². The summed E-state index contributed by atoms with van der Waals surface area (Å²) in [4.78, 5) is 16.3. The third kappa shape index (κ3) is 2.55. The van der Waals surface area contributed by atoms with Gasteiger partial charge in [0.15, 0.2) is 5.78 Å². The van der Waals surface area contributed by atoms with E-state index in [0.29, 0.717) is 18.6 Å². The Bertz CT molecular complexity index is 549. The van der Waals surface area contributed by atoms with E-state index in [1.54, 1.807) is 25.6 Å². The molecule has 4 nitrogen and oxygen atoms in total.